The van der Waals surface area contributed by atoms with Gasteiger partial charge in [-0.25, -0.2) is 10.9 Å². The lowest BCUT2D eigenvalue weighted by molar-refractivity contribution is -0.121. The van der Waals surface area contributed by atoms with E-state index >= 15 is 0 Å². The molecule has 2 aromatic carbocycles. The first-order valence-electron chi connectivity index (χ1n) is 14.3. The highest BCUT2D eigenvalue weighted by atomic mass is 16.2. The standard InChI is InChI=1S/C31H42N6O2/c38-30(34-32-28-16-20-36(21-17-28)24-26-10-4-1-5-11-26)14-8-3-9-15-31(39)35-33-29-18-22-37(23-19-29)25-27-12-6-2-7-13-27/h1-2,4-7,10-13H,3,8-9,14-25H2,(H,34,38)(H,35,39). The second-order valence-corrected chi connectivity index (χ2v) is 10.5. The molecule has 0 bridgehead atoms. The lowest BCUT2D eigenvalue weighted by Crippen LogP contribution is -2.34. The fraction of sp³-hybridized carbons (Fsp3) is 0.484. The summed E-state index contributed by atoms with van der Waals surface area (Å²) in [7, 11) is 0. The highest BCUT2D eigenvalue weighted by molar-refractivity contribution is 5.87. The van der Waals surface area contributed by atoms with Gasteiger partial charge in [0.05, 0.1) is 0 Å². The minimum Gasteiger partial charge on any atom is -0.298 e. The van der Waals surface area contributed by atoms with Gasteiger partial charge in [-0.05, 0) is 24.0 Å². The number of piperidine rings is 2. The van der Waals surface area contributed by atoms with E-state index in [0.717, 1.165) is 95.6 Å². The lowest BCUT2D eigenvalue weighted by atomic mass is 10.1. The maximum Gasteiger partial charge on any atom is 0.240 e. The van der Waals surface area contributed by atoms with Crippen LogP contribution in [0.4, 0.5) is 0 Å². The predicted octanol–water partition coefficient (Wildman–Crippen LogP) is 4.47. The number of amides is 2. The second-order valence-electron chi connectivity index (χ2n) is 10.5. The number of nitrogens with zero attached hydrogens (tertiary/aromatic N) is 4. The molecule has 2 amide bonds. The Morgan fingerprint density at radius 3 is 1.36 bits per heavy atom. The van der Waals surface area contributed by atoms with E-state index < -0.39 is 0 Å². The highest BCUT2D eigenvalue weighted by Gasteiger charge is 2.16. The van der Waals surface area contributed by atoms with Crippen LogP contribution in [0.25, 0.3) is 0 Å². The number of nitrogens with one attached hydrogen (secondary N) is 2. The van der Waals surface area contributed by atoms with Gasteiger partial charge in [-0.15, -0.1) is 0 Å². The van der Waals surface area contributed by atoms with Crippen molar-refractivity contribution in [1.82, 2.24) is 20.7 Å². The Hall–Kier alpha value is -3.36. The molecule has 4 rings (SSSR count). The normalized spacial score (nSPS) is 16.5. The fourth-order valence-electron chi connectivity index (χ4n) is 4.99. The lowest BCUT2D eigenvalue weighted by Gasteiger charge is -2.27. The monoisotopic (exact) mass is 530 g/mol. The summed E-state index contributed by atoms with van der Waals surface area (Å²) in [4.78, 5) is 29.2. The summed E-state index contributed by atoms with van der Waals surface area (Å²) in [6, 6.07) is 21.0. The van der Waals surface area contributed by atoms with Crippen LogP contribution in [0.2, 0.25) is 0 Å². The molecule has 0 atom stereocenters. The third-order valence-electron chi connectivity index (χ3n) is 7.35. The number of benzene rings is 2. The van der Waals surface area contributed by atoms with Crippen LogP contribution in [-0.4, -0.2) is 59.2 Å². The molecule has 2 aromatic rings. The number of unbranched alkanes of at least 4 members (excludes halogenated alkanes) is 2. The molecule has 2 N–H and O–H groups in total. The van der Waals surface area contributed by atoms with Crippen LogP contribution in [0.5, 0.6) is 0 Å². The molecule has 208 valence electrons. The van der Waals surface area contributed by atoms with E-state index in [0.29, 0.717) is 12.8 Å². The molecule has 2 heterocycles. The molecule has 0 spiro atoms. The number of carbonyl (C=O) groups is 2. The number of hydrogen-bond acceptors (Lipinski definition) is 6. The van der Waals surface area contributed by atoms with Gasteiger partial charge in [0.2, 0.25) is 11.8 Å². The zero-order valence-electron chi connectivity index (χ0n) is 23.0. The number of rotatable bonds is 12. The van der Waals surface area contributed by atoms with E-state index in [1.54, 1.807) is 0 Å². The molecule has 0 unspecified atom stereocenters. The molecule has 0 aliphatic carbocycles. The van der Waals surface area contributed by atoms with Crippen LogP contribution in [0.15, 0.2) is 70.9 Å². The van der Waals surface area contributed by atoms with Gasteiger partial charge in [-0.3, -0.25) is 19.4 Å². The smallest absolute Gasteiger partial charge is 0.240 e. The van der Waals surface area contributed by atoms with Crippen molar-refractivity contribution < 1.29 is 9.59 Å². The molecular formula is C31H42N6O2. The first-order chi connectivity index (χ1) is 19.1. The summed E-state index contributed by atoms with van der Waals surface area (Å²) < 4.78 is 0. The fourth-order valence-corrected chi connectivity index (χ4v) is 4.99. The molecule has 2 fully saturated rings. The Balaban J connectivity index is 1.01. The van der Waals surface area contributed by atoms with Crippen molar-refractivity contribution in [3.05, 3.63) is 71.8 Å². The number of hydrogen-bond donors (Lipinski definition) is 2. The predicted molar refractivity (Wildman–Crippen MR) is 156 cm³/mol. The summed E-state index contributed by atoms with van der Waals surface area (Å²) in [6.45, 7) is 5.77. The highest BCUT2D eigenvalue weighted by Crippen LogP contribution is 2.13. The molecule has 8 nitrogen and oxygen atoms in total. The van der Waals surface area contributed by atoms with Crippen LogP contribution in [-0.2, 0) is 22.7 Å². The molecular weight excluding hydrogens is 488 g/mol. The summed E-state index contributed by atoms with van der Waals surface area (Å²) in [5, 5.41) is 8.71. The maximum absolute atomic E-state index is 12.2. The zero-order chi connectivity index (χ0) is 27.1. The molecule has 0 radical (unpaired) electrons. The Morgan fingerprint density at radius 2 is 0.974 bits per heavy atom. The average molecular weight is 531 g/mol. The molecule has 2 aliphatic heterocycles. The number of likely N-dealkylation sites (tertiary alicyclic amines) is 2. The number of carbonyl (C=O) groups excluding carboxylic acids is 2. The topological polar surface area (TPSA) is 89.4 Å². The third kappa shape index (κ3) is 10.7. The quantitative estimate of drug-likeness (QED) is 0.313. The number of hydrazone groups is 2. The first-order valence-corrected chi connectivity index (χ1v) is 14.3. The van der Waals surface area contributed by atoms with Crippen LogP contribution in [0, 0.1) is 0 Å². The summed E-state index contributed by atoms with van der Waals surface area (Å²) in [6.07, 6.45) is 6.74. The summed E-state index contributed by atoms with van der Waals surface area (Å²) >= 11 is 0. The molecule has 2 aliphatic rings. The van der Waals surface area contributed by atoms with Gasteiger partial charge in [0.15, 0.2) is 0 Å². The van der Waals surface area contributed by atoms with Crippen molar-refractivity contribution >= 4 is 23.2 Å². The minimum atomic E-state index is -0.0522. The Bertz CT molecular complexity index is 995. The van der Waals surface area contributed by atoms with Gasteiger partial charge in [0, 0.05) is 89.2 Å². The Labute approximate surface area is 232 Å². The zero-order valence-corrected chi connectivity index (χ0v) is 23.0. The van der Waals surface area contributed by atoms with Crippen LogP contribution >= 0.6 is 0 Å². The van der Waals surface area contributed by atoms with Gasteiger partial charge in [-0.1, -0.05) is 67.1 Å². The molecule has 0 aromatic heterocycles. The van der Waals surface area contributed by atoms with Crippen molar-refractivity contribution in [3.8, 4) is 0 Å². The first kappa shape index (κ1) is 28.6. The molecule has 2 saturated heterocycles. The van der Waals surface area contributed by atoms with E-state index in [4.69, 9.17) is 0 Å². The summed E-state index contributed by atoms with van der Waals surface area (Å²) in [5.74, 6) is -0.104. The average Bonchev–Trinajstić information content (AvgIpc) is 2.97. The third-order valence-corrected chi connectivity index (χ3v) is 7.35. The van der Waals surface area contributed by atoms with Crippen LogP contribution < -0.4 is 10.9 Å². The van der Waals surface area contributed by atoms with Gasteiger partial charge in [0.1, 0.15) is 0 Å². The second kappa shape index (κ2) is 15.9. The largest absolute Gasteiger partial charge is 0.298 e. The van der Waals surface area contributed by atoms with E-state index in [1.165, 1.54) is 11.1 Å². The molecule has 0 saturated carbocycles. The molecule has 39 heavy (non-hydrogen) atoms. The Kier molecular flexibility index (Phi) is 11.7. The van der Waals surface area contributed by atoms with Crippen molar-refractivity contribution in [3.63, 3.8) is 0 Å². The van der Waals surface area contributed by atoms with E-state index in [2.05, 4.69) is 79.4 Å². The van der Waals surface area contributed by atoms with Gasteiger partial charge < -0.3 is 0 Å². The van der Waals surface area contributed by atoms with Crippen LogP contribution in [0.3, 0.4) is 0 Å². The van der Waals surface area contributed by atoms with Crippen LogP contribution in [0.1, 0.15) is 68.9 Å². The van der Waals surface area contributed by atoms with E-state index in [9.17, 15) is 9.59 Å². The van der Waals surface area contributed by atoms with Gasteiger partial charge in [0.25, 0.3) is 0 Å². The van der Waals surface area contributed by atoms with Crippen molar-refractivity contribution in [2.45, 2.75) is 70.9 Å². The van der Waals surface area contributed by atoms with Crippen molar-refractivity contribution in [2.75, 3.05) is 26.2 Å². The molecule has 8 heteroatoms. The Morgan fingerprint density at radius 1 is 0.590 bits per heavy atom. The SMILES string of the molecule is O=C(CCCCCC(=O)NN=C1CCN(Cc2ccccc2)CC1)NN=C1CCN(Cc2ccccc2)CC1. The van der Waals surface area contributed by atoms with E-state index in [1.807, 2.05) is 12.1 Å². The minimum absolute atomic E-state index is 0.0522. The van der Waals surface area contributed by atoms with E-state index in [-0.39, 0.29) is 11.8 Å². The van der Waals surface area contributed by atoms with Gasteiger partial charge in [-0.2, -0.15) is 10.2 Å². The summed E-state index contributed by atoms with van der Waals surface area (Å²) in [5.41, 5.74) is 10.2. The van der Waals surface area contributed by atoms with Crippen molar-refractivity contribution in [1.29, 1.82) is 0 Å². The maximum atomic E-state index is 12.2. The van der Waals surface area contributed by atoms with Crippen molar-refractivity contribution in [2.24, 2.45) is 10.2 Å². The van der Waals surface area contributed by atoms with Gasteiger partial charge >= 0.3 is 0 Å².